The molecule has 0 spiro atoms. The van der Waals surface area contributed by atoms with Gasteiger partial charge in [0.05, 0.1) is 18.4 Å². The van der Waals surface area contributed by atoms with E-state index < -0.39 is 0 Å². The van der Waals surface area contributed by atoms with Crippen molar-refractivity contribution in [2.45, 2.75) is 52.9 Å². The first-order valence-corrected chi connectivity index (χ1v) is 13.4. The number of ether oxygens (including phenoxy) is 1. The molecular formula is C29H42N4O3. The molecule has 0 bridgehead atoms. The van der Waals surface area contributed by atoms with Crippen LogP contribution in [0.15, 0.2) is 42.5 Å². The highest BCUT2D eigenvalue weighted by atomic mass is 16.5. The Bertz CT molecular complexity index is 998. The fourth-order valence-electron chi connectivity index (χ4n) is 4.76. The first kappa shape index (κ1) is 27.4. The lowest BCUT2D eigenvalue weighted by atomic mass is 10.1. The third kappa shape index (κ3) is 6.93. The number of hydrogen-bond acceptors (Lipinski definition) is 5. The van der Waals surface area contributed by atoms with Gasteiger partial charge in [-0.15, -0.1) is 0 Å². The number of amides is 2. The van der Waals surface area contributed by atoms with Crippen molar-refractivity contribution in [1.82, 2.24) is 4.90 Å². The van der Waals surface area contributed by atoms with Gasteiger partial charge in [0.15, 0.2) is 0 Å². The van der Waals surface area contributed by atoms with Crippen LogP contribution in [0.5, 0.6) is 5.75 Å². The molecule has 2 aromatic rings. The van der Waals surface area contributed by atoms with Crippen LogP contribution in [0.4, 0.5) is 17.1 Å². The standard InChI is InChI=1S/C29H42N4O3/c1-5-8-9-10-15-28(34)30-23-16-17-25(24(22-23)29(35)31(6-2)7-3)32-18-20-33(21-19-32)26-13-11-12-14-27(26)36-4/h11-14,16-17,22H,5-10,15,18-21H2,1-4H3,(H,30,34). The quantitative estimate of drug-likeness (QED) is 0.400. The summed E-state index contributed by atoms with van der Waals surface area (Å²) >= 11 is 0. The summed E-state index contributed by atoms with van der Waals surface area (Å²) < 4.78 is 5.55. The summed E-state index contributed by atoms with van der Waals surface area (Å²) in [6, 6.07) is 13.8. The molecular weight excluding hydrogens is 452 g/mol. The molecule has 1 N–H and O–H groups in total. The summed E-state index contributed by atoms with van der Waals surface area (Å²) in [7, 11) is 1.70. The van der Waals surface area contributed by atoms with Gasteiger partial charge in [-0.2, -0.15) is 0 Å². The van der Waals surface area contributed by atoms with Gasteiger partial charge in [0, 0.05) is 57.1 Å². The average molecular weight is 495 g/mol. The summed E-state index contributed by atoms with van der Waals surface area (Å²) in [5, 5.41) is 3.01. The number of nitrogens with zero attached hydrogens (tertiary/aromatic N) is 3. The number of unbranched alkanes of at least 4 members (excludes halogenated alkanes) is 3. The zero-order valence-corrected chi connectivity index (χ0v) is 22.4. The molecule has 0 unspecified atom stereocenters. The molecule has 196 valence electrons. The predicted octanol–water partition coefficient (Wildman–Crippen LogP) is 5.41. The maximum Gasteiger partial charge on any atom is 0.256 e. The number of para-hydroxylation sites is 2. The van der Waals surface area contributed by atoms with Crippen molar-refractivity contribution >= 4 is 28.9 Å². The van der Waals surface area contributed by atoms with Crippen molar-refractivity contribution in [3.05, 3.63) is 48.0 Å². The Morgan fingerprint density at radius 3 is 2.19 bits per heavy atom. The number of benzene rings is 2. The van der Waals surface area contributed by atoms with E-state index in [-0.39, 0.29) is 11.8 Å². The van der Waals surface area contributed by atoms with Crippen LogP contribution in [0, 0.1) is 0 Å². The Morgan fingerprint density at radius 1 is 0.889 bits per heavy atom. The normalized spacial score (nSPS) is 13.4. The Labute approximate surface area is 216 Å². The van der Waals surface area contributed by atoms with Crippen molar-refractivity contribution in [3.8, 4) is 5.75 Å². The molecule has 36 heavy (non-hydrogen) atoms. The minimum Gasteiger partial charge on any atom is -0.495 e. The summed E-state index contributed by atoms with van der Waals surface area (Å²) in [6.07, 6.45) is 4.75. The minimum atomic E-state index is 0.00111. The maximum atomic E-state index is 13.5. The number of nitrogens with one attached hydrogen (secondary N) is 1. The molecule has 0 saturated carbocycles. The predicted molar refractivity (Wildman–Crippen MR) is 149 cm³/mol. The molecule has 1 aliphatic rings. The van der Waals surface area contributed by atoms with E-state index >= 15 is 0 Å². The lowest BCUT2D eigenvalue weighted by Crippen LogP contribution is -2.47. The van der Waals surface area contributed by atoms with Gasteiger partial charge in [0.25, 0.3) is 5.91 Å². The summed E-state index contributed by atoms with van der Waals surface area (Å²) in [5.74, 6) is 0.879. The second kappa shape index (κ2) is 13.8. The molecule has 0 atom stereocenters. The molecule has 1 fully saturated rings. The van der Waals surface area contributed by atoms with E-state index in [2.05, 4.69) is 28.1 Å². The van der Waals surface area contributed by atoms with Gasteiger partial charge in [-0.05, 0) is 50.6 Å². The number of piperazine rings is 1. The van der Waals surface area contributed by atoms with Crippen LogP contribution < -0.4 is 19.9 Å². The molecule has 7 nitrogen and oxygen atoms in total. The van der Waals surface area contributed by atoms with E-state index in [0.29, 0.717) is 30.8 Å². The zero-order chi connectivity index (χ0) is 25.9. The van der Waals surface area contributed by atoms with Gasteiger partial charge in [-0.1, -0.05) is 38.3 Å². The molecule has 2 aromatic carbocycles. The SMILES string of the molecule is CCCCCCC(=O)Nc1ccc(N2CCN(c3ccccc3OC)CC2)c(C(=O)N(CC)CC)c1. The topological polar surface area (TPSA) is 65.1 Å². The van der Waals surface area contributed by atoms with E-state index in [9.17, 15) is 9.59 Å². The number of rotatable bonds is 12. The number of anilines is 3. The molecule has 1 saturated heterocycles. The van der Waals surface area contributed by atoms with Gasteiger partial charge in [0.2, 0.25) is 5.91 Å². The highest BCUT2D eigenvalue weighted by Crippen LogP contribution is 2.31. The van der Waals surface area contributed by atoms with E-state index in [4.69, 9.17) is 4.74 Å². The average Bonchev–Trinajstić information content (AvgIpc) is 2.92. The minimum absolute atomic E-state index is 0.00111. The largest absolute Gasteiger partial charge is 0.495 e. The lowest BCUT2D eigenvalue weighted by molar-refractivity contribution is -0.116. The van der Waals surface area contributed by atoms with Crippen LogP contribution in [0.25, 0.3) is 0 Å². The van der Waals surface area contributed by atoms with Gasteiger partial charge >= 0.3 is 0 Å². The molecule has 1 heterocycles. The first-order valence-electron chi connectivity index (χ1n) is 13.4. The maximum absolute atomic E-state index is 13.5. The molecule has 3 rings (SSSR count). The van der Waals surface area contributed by atoms with Gasteiger partial charge in [-0.3, -0.25) is 9.59 Å². The Morgan fingerprint density at radius 2 is 1.56 bits per heavy atom. The third-order valence-electron chi connectivity index (χ3n) is 6.86. The summed E-state index contributed by atoms with van der Waals surface area (Å²) in [5.41, 5.74) is 3.35. The van der Waals surface area contributed by atoms with Crippen LogP contribution in [-0.4, -0.2) is 63.1 Å². The third-order valence-corrected chi connectivity index (χ3v) is 6.86. The van der Waals surface area contributed by atoms with E-state index in [1.54, 1.807) is 7.11 Å². The highest BCUT2D eigenvalue weighted by molar-refractivity contribution is 6.02. The van der Waals surface area contributed by atoms with Crippen molar-refractivity contribution in [2.75, 3.05) is 61.5 Å². The van der Waals surface area contributed by atoms with Crippen molar-refractivity contribution in [1.29, 1.82) is 0 Å². The van der Waals surface area contributed by atoms with Gasteiger partial charge in [-0.25, -0.2) is 0 Å². The van der Waals surface area contributed by atoms with Crippen molar-refractivity contribution < 1.29 is 14.3 Å². The smallest absolute Gasteiger partial charge is 0.256 e. The molecule has 1 aliphatic heterocycles. The number of methoxy groups -OCH3 is 1. The van der Waals surface area contributed by atoms with Gasteiger partial charge < -0.3 is 24.8 Å². The van der Waals surface area contributed by atoms with E-state index in [1.165, 1.54) is 0 Å². The van der Waals surface area contributed by atoms with Crippen molar-refractivity contribution in [2.24, 2.45) is 0 Å². The second-order valence-electron chi connectivity index (χ2n) is 9.21. The Balaban J connectivity index is 1.77. The second-order valence-corrected chi connectivity index (χ2v) is 9.21. The number of carbonyl (C=O) groups is 2. The zero-order valence-electron chi connectivity index (χ0n) is 22.4. The fourth-order valence-corrected chi connectivity index (χ4v) is 4.76. The van der Waals surface area contributed by atoms with Crippen LogP contribution in [0.2, 0.25) is 0 Å². The highest BCUT2D eigenvalue weighted by Gasteiger charge is 2.25. The molecule has 0 aliphatic carbocycles. The van der Waals surface area contributed by atoms with E-state index in [0.717, 1.165) is 69.0 Å². The molecule has 0 radical (unpaired) electrons. The lowest BCUT2D eigenvalue weighted by Gasteiger charge is -2.38. The molecule has 2 amide bonds. The summed E-state index contributed by atoms with van der Waals surface area (Å²) in [4.78, 5) is 32.4. The Hall–Kier alpha value is -3.22. The number of hydrogen-bond donors (Lipinski definition) is 1. The number of carbonyl (C=O) groups excluding carboxylic acids is 2. The summed E-state index contributed by atoms with van der Waals surface area (Å²) in [6.45, 7) is 10.7. The van der Waals surface area contributed by atoms with Gasteiger partial charge in [0.1, 0.15) is 5.75 Å². The Kier molecular flexibility index (Phi) is 10.5. The van der Waals surface area contributed by atoms with E-state index in [1.807, 2.05) is 55.1 Å². The first-order chi connectivity index (χ1) is 17.5. The van der Waals surface area contributed by atoms with Crippen LogP contribution in [0.1, 0.15) is 63.2 Å². The fraction of sp³-hybridized carbons (Fsp3) is 0.517. The van der Waals surface area contributed by atoms with Crippen molar-refractivity contribution in [3.63, 3.8) is 0 Å². The van der Waals surface area contributed by atoms with Crippen LogP contribution >= 0.6 is 0 Å². The molecule has 7 heteroatoms. The van der Waals surface area contributed by atoms with Crippen LogP contribution in [-0.2, 0) is 4.79 Å². The monoisotopic (exact) mass is 494 g/mol. The van der Waals surface area contributed by atoms with Crippen LogP contribution in [0.3, 0.4) is 0 Å². The molecule has 0 aromatic heterocycles.